The maximum absolute atomic E-state index is 13.4. The summed E-state index contributed by atoms with van der Waals surface area (Å²) in [7, 11) is 0. The second kappa shape index (κ2) is 4.23. The third-order valence-corrected chi connectivity index (χ3v) is 7.16. The van der Waals surface area contributed by atoms with Crippen molar-refractivity contribution in [1.29, 1.82) is 0 Å². The molecule has 3 aliphatic rings. The maximum Gasteiger partial charge on any atom is 0.235 e. The molecule has 22 heavy (non-hydrogen) atoms. The molecule has 1 aromatic carbocycles. The average molecular weight is 309 g/mol. The highest BCUT2D eigenvalue weighted by molar-refractivity contribution is 7.10. The van der Waals surface area contributed by atoms with Gasteiger partial charge in [-0.3, -0.25) is 4.79 Å². The highest BCUT2D eigenvalue weighted by atomic mass is 32.1. The first-order chi connectivity index (χ1) is 10.8. The molecule has 1 atom stereocenters. The summed E-state index contributed by atoms with van der Waals surface area (Å²) in [6.07, 6.45) is 5.44. The highest BCUT2D eigenvalue weighted by Gasteiger charge is 2.61. The van der Waals surface area contributed by atoms with Crippen LogP contribution in [-0.2, 0) is 15.7 Å². The minimum absolute atomic E-state index is 0.174. The Morgan fingerprint density at radius 1 is 1.00 bits per heavy atom. The first-order valence-electron chi connectivity index (χ1n) is 8.25. The van der Waals surface area contributed by atoms with Crippen LogP contribution in [0.3, 0.4) is 0 Å². The Hall–Kier alpha value is -1.61. The second-order valence-corrected chi connectivity index (χ2v) is 7.80. The van der Waals surface area contributed by atoms with Crippen LogP contribution in [0.5, 0.6) is 0 Å². The summed E-state index contributed by atoms with van der Waals surface area (Å²) in [6.45, 7) is 0.908. The van der Waals surface area contributed by atoms with Crippen molar-refractivity contribution >= 4 is 17.2 Å². The summed E-state index contributed by atoms with van der Waals surface area (Å²) in [5.41, 5.74) is 2.33. The number of carbonyl (C=O) groups excluding carboxylic acids is 1. The number of rotatable bonds is 1. The van der Waals surface area contributed by atoms with E-state index in [4.69, 9.17) is 0 Å². The first-order valence-corrected chi connectivity index (χ1v) is 9.13. The van der Waals surface area contributed by atoms with Gasteiger partial charge in [0, 0.05) is 11.4 Å². The predicted molar refractivity (Wildman–Crippen MR) is 88.0 cm³/mol. The molecule has 112 valence electrons. The Kier molecular flexibility index (Phi) is 2.48. The van der Waals surface area contributed by atoms with Crippen molar-refractivity contribution in [1.82, 2.24) is 4.90 Å². The molecule has 2 aromatic rings. The number of thiophene rings is 1. The summed E-state index contributed by atoms with van der Waals surface area (Å²) < 4.78 is 0. The van der Waals surface area contributed by atoms with Gasteiger partial charge in [0.05, 0.1) is 11.0 Å². The van der Waals surface area contributed by atoms with Crippen molar-refractivity contribution in [3.05, 3.63) is 57.8 Å². The standard InChI is InChI=1S/C19H19NOS/c21-17-18(9-4-10-18)16-15(8-13-22-16)19(11-5-12-20(17)19)14-6-2-1-3-7-14/h1-3,6-8,13H,4-5,9-12H2. The van der Waals surface area contributed by atoms with E-state index in [9.17, 15) is 4.79 Å². The number of benzene rings is 1. The minimum atomic E-state index is -0.200. The lowest BCUT2D eigenvalue weighted by atomic mass is 9.61. The fourth-order valence-electron chi connectivity index (χ4n) is 4.88. The molecule has 1 aliphatic carbocycles. The fraction of sp³-hybridized carbons (Fsp3) is 0.421. The summed E-state index contributed by atoms with van der Waals surface area (Å²) in [5, 5.41) is 2.20. The minimum Gasteiger partial charge on any atom is -0.328 e. The second-order valence-electron chi connectivity index (χ2n) is 6.89. The first kappa shape index (κ1) is 12.9. The van der Waals surface area contributed by atoms with E-state index < -0.39 is 0 Å². The molecule has 3 heterocycles. The Morgan fingerprint density at radius 2 is 1.82 bits per heavy atom. The van der Waals surface area contributed by atoms with Crippen LogP contribution in [0.1, 0.15) is 48.1 Å². The van der Waals surface area contributed by atoms with Crippen molar-refractivity contribution in [2.45, 2.75) is 43.1 Å². The van der Waals surface area contributed by atoms with Gasteiger partial charge in [0.25, 0.3) is 0 Å². The molecular weight excluding hydrogens is 290 g/mol. The number of fused-ring (bicyclic) bond motifs is 4. The van der Waals surface area contributed by atoms with Crippen LogP contribution in [0.25, 0.3) is 0 Å². The molecule has 1 spiro atoms. The summed E-state index contributed by atoms with van der Waals surface area (Å²) >= 11 is 1.81. The number of nitrogens with zero attached hydrogens (tertiary/aromatic N) is 1. The highest BCUT2D eigenvalue weighted by Crippen LogP contribution is 2.59. The zero-order valence-electron chi connectivity index (χ0n) is 12.5. The van der Waals surface area contributed by atoms with Crippen molar-refractivity contribution in [2.75, 3.05) is 6.54 Å². The van der Waals surface area contributed by atoms with Crippen LogP contribution in [0.2, 0.25) is 0 Å². The number of amides is 1. The van der Waals surface area contributed by atoms with Gasteiger partial charge >= 0.3 is 0 Å². The third kappa shape index (κ3) is 1.30. The van der Waals surface area contributed by atoms with Gasteiger partial charge in [-0.1, -0.05) is 36.8 Å². The van der Waals surface area contributed by atoms with Crippen LogP contribution in [0.15, 0.2) is 41.8 Å². The van der Waals surface area contributed by atoms with Crippen LogP contribution in [-0.4, -0.2) is 17.4 Å². The molecule has 0 radical (unpaired) electrons. The van der Waals surface area contributed by atoms with E-state index in [-0.39, 0.29) is 11.0 Å². The van der Waals surface area contributed by atoms with E-state index in [0.29, 0.717) is 5.91 Å². The normalized spacial score (nSPS) is 28.4. The molecule has 0 bridgehead atoms. The van der Waals surface area contributed by atoms with Crippen LogP contribution < -0.4 is 0 Å². The van der Waals surface area contributed by atoms with Gasteiger partial charge in [0.1, 0.15) is 0 Å². The molecule has 1 aromatic heterocycles. The lowest BCUT2D eigenvalue weighted by Gasteiger charge is -2.53. The van der Waals surface area contributed by atoms with E-state index in [1.165, 1.54) is 22.4 Å². The Balaban J connectivity index is 1.81. The fourth-order valence-corrected chi connectivity index (χ4v) is 6.10. The monoisotopic (exact) mass is 309 g/mol. The van der Waals surface area contributed by atoms with E-state index in [1.807, 2.05) is 0 Å². The summed E-state index contributed by atoms with van der Waals surface area (Å²) in [4.78, 5) is 17.0. The Labute approximate surface area is 134 Å². The number of hydrogen-bond acceptors (Lipinski definition) is 2. The van der Waals surface area contributed by atoms with Gasteiger partial charge in [-0.05, 0) is 48.3 Å². The lowest BCUT2D eigenvalue weighted by molar-refractivity contribution is -0.146. The van der Waals surface area contributed by atoms with Gasteiger partial charge in [0.15, 0.2) is 0 Å². The van der Waals surface area contributed by atoms with E-state index in [1.54, 1.807) is 11.3 Å². The Morgan fingerprint density at radius 3 is 2.55 bits per heavy atom. The van der Waals surface area contributed by atoms with E-state index in [0.717, 1.165) is 32.2 Å². The molecule has 2 fully saturated rings. The molecule has 5 rings (SSSR count). The molecule has 1 amide bonds. The van der Waals surface area contributed by atoms with Gasteiger partial charge < -0.3 is 4.90 Å². The maximum atomic E-state index is 13.4. The molecule has 3 heteroatoms. The zero-order valence-corrected chi connectivity index (χ0v) is 13.4. The Bertz CT molecular complexity index is 746. The van der Waals surface area contributed by atoms with Gasteiger partial charge in [0.2, 0.25) is 5.91 Å². The van der Waals surface area contributed by atoms with E-state index >= 15 is 0 Å². The molecule has 2 nitrogen and oxygen atoms in total. The van der Waals surface area contributed by atoms with Gasteiger partial charge in [-0.2, -0.15) is 0 Å². The topological polar surface area (TPSA) is 20.3 Å². The van der Waals surface area contributed by atoms with Gasteiger partial charge in [-0.25, -0.2) is 0 Å². The summed E-state index contributed by atoms with van der Waals surface area (Å²) in [5.74, 6) is 0.398. The summed E-state index contributed by atoms with van der Waals surface area (Å²) in [6, 6.07) is 13.0. The van der Waals surface area contributed by atoms with Crippen LogP contribution >= 0.6 is 11.3 Å². The van der Waals surface area contributed by atoms with Crippen LogP contribution in [0.4, 0.5) is 0 Å². The largest absolute Gasteiger partial charge is 0.328 e. The molecule has 1 unspecified atom stereocenters. The van der Waals surface area contributed by atoms with Crippen molar-refractivity contribution < 1.29 is 4.79 Å². The number of carbonyl (C=O) groups is 1. The number of hydrogen-bond donors (Lipinski definition) is 0. The quantitative estimate of drug-likeness (QED) is 0.778. The van der Waals surface area contributed by atoms with E-state index in [2.05, 4.69) is 46.7 Å². The molecular formula is C19H19NOS. The molecule has 1 saturated heterocycles. The van der Waals surface area contributed by atoms with Crippen molar-refractivity contribution in [3.63, 3.8) is 0 Å². The average Bonchev–Trinajstić information content (AvgIpc) is 3.14. The molecule has 1 saturated carbocycles. The third-order valence-electron chi connectivity index (χ3n) is 6.04. The smallest absolute Gasteiger partial charge is 0.235 e. The van der Waals surface area contributed by atoms with Gasteiger partial charge in [-0.15, -0.1) is 11.3 Å². The van der Waals surface area contributed by atoms with Crippen molar-refractivity contribution in [3.8, 4) is 0 Å². The molecule has 0 N–H and O–H groups in total. The lowest BCUT2D eigenvalue weighted by Crippen LogP contribution is -2.60. The van der Waals surface area contributed by atoms with Crippen LogP contribution in [0, 0.1) is 0 Å². The molecule has 2 aliphatic heterocycles. The zero-order chi connectivity index (χ0) is 14.8. The predicted octanol–water partition coefficient (Wildman–Crippen LogP) is 4.05. The van der Waals surface area contributed by atoms with Crippen molar-refractivity contribution in [2.24, 2.45) is 0 Å². The SMILES string of the molecule is O=C1N2CCCC2(c2ccccc2)c2ccsc2C12CCC2.